The molecule has 172 valence electrons. The van der Waals surface area contributed by atoms with E-state index in [2.05, 4.69) is 4.98 Å². The minimum atomic E-state index is -0.166. The molecular formula is C24H28Cl3N3O2. The Bertz CT molecular complexity index is 948. The normalized spacial score (nSPS) is 26.7. The standard InChI is InChI=1S/C24H28Cl3N3O2/c1-14(32-23-9-5-17(25)11-29-23)19-12-30(24(31)15-2-6-18(28)7-3-15)13-20(19)16-4-8-21(26)22(27)10-16/h4-5,8-11,14-15,18-20H,2-3,6-7,12-13,28H2,1H3/t14-,15-,18-,19+,20+/m0/s1. The highest BCUT2D eigenvalue weighted by atomic mass is 35.5. The van der Waals surface area contributed by atoms with Crippen LogP contribution in [0.5, 0.6) is 5.88 Å². The minimum absolute atomic E-state index is 0.0529. The first kappa shape index (κ1) is 23.6. The second-order valence-corrected chi connectivity index (χ2v) is 10.2. The Balaban J connectivity index is 1.55. The van der Waals surface area contributed by atoms with E-state index < -0.39 is 0 Å². The molecule has 0 spiro atoms. The summed E-state index contributed by atoms with van der Waals surface area (Å²) in [4.78, 5) is 19.6. The van der Waals surface area contributed by atoms with Gasteiger partial charge in [0.2, 0.25) is 11.8 Å². The average Bonchev–Trinajstić information content (AvgIpc) is 3.23. The molecule has 0 bridgehead atoms. The molecule has 1 aromatic heterocycles. The molecule has 0 radical (unpaired) electrons. The second-order valence-electron chi connectivity index (χ2n) is 8.94. The number of benzene rings is 1. The Morgan fingerprint density at radius 1 is 1.09 bits per heavy atom. The molecule has 1 aromatic carbocycles. The smallest absolute Gasteiger partial charge is 0.225 e. The third-order valence-electron chi connectivity index (χ3n) is 6.78. The predicted octanol–water partition coefficient (Wildman–Crippen LogP) is 5.57. The maximum atomic E-state index is 13.3. The van der Waals surface area contributed by atoms with E-state index in [4.69, 9.17) is 45.3 Å². The maximum absolute atomic E-state index is 13.3. The van der Waals surface area contributed by atoms with Gasteiger partial charge in [-0.05, 0) is 56.4 Å². The van der Waals surface area contributed by atoms with Crippen LogP contribution in [0.4, 0.5) is 0 Å². The number of halogens is 3. The van der Waals surface area contributed by atoms with Gasteiger partial charge in [0.25, 0.3) is 0 Å². The van der Waals surface area contributed by atoms with Gasteiger partial charge in [-0.3, -0.25) is 4.79 Å². The SMILES string of the molecule is C[C@H](Oc1ccc(Cl)cn1)[C@H]1CN(C(=O)[C@H]2CC[C@H](N)CC2)C[C@@H]1c1ccc(Cl)c(Cl)c1. The number of amides is 1. The summed E-state index contributed by atoms with van der Waals surface area (Å²) in [6.07, 6.45) is 4.94. The monoisotopic (exact) mass is 495 g/mol. The minimum Gasteiger partial charge on any atom is -0.474 e. The van der Waals surface area contributed by atoms with Crippen LogP contribution in [-0.2, 0) is 4.79 Å². The van der Waals surface area contributed by atoms with Gasteiger partial charge in [0, 0.05) is 49.1 Å². The molecule has 3 atom stereocenters. The van der Waals surface area contributed by atoms with E-state index in [1.807, 2.05) is 30.0 Å². The Kier molecular flexibility index (Phi) is 7.51. The number of pyridine rings is 1. The number of aromatic nitrogens is 1. The Labute approximate surface area is 204 Å². The molecule has 2 N–H and O–H groups in total. The zero-order valence-electron chi connectivity index (χ0n) is 18.0. The van der Waals surface area contributed by atoms with Crippen LogP contribution >= 0.6 is 34.8 Å². The van der Waals surface area contributed by atoms with Crippen LogP contribution < -0.4 is 10.5 Å². The molecule has 4 rings (SSSR count). The molecule has 1 saturated carbocycles. The molecular weight excluding hydrogens is 469 g/mol. The van der Waals surface area contributed by atoms with E-state index >= 15 is 0 Å². The lowest BCUT2D eigenvalue weighted by Gasteiger charge is -2.29. The summed E-state index contributed by atoms with van der Waals surface area (Å²) >= 11 is 18.4. The first-order valence-electron chi connectivity index (χ1n) is 11.1. The highest BCUT2D eigenvalue weighted by molar-refractivity contribution is 6.42. The highest BCUT2D eigenvalue weighted by Crippen LogP contribution is 2.39. The molecule has 0 unspecified atom stereocenters. The quantitative estimate of drug-likeness (QED) is 0.587. The molecule has 8 heteroatoms. The molecule has 5 nitrogen and oxygen atoms in total. The fourth-order valence-corrected chi connectivity index (χ4v) is 5.33. The number of carbonyl (C=O) groups excluding carboxylic acids is 1. The van der Waals surface area contributed by atoms with Crippen molar-refractivity contribution in [2.45, 2.75) is 50.7 Å². The van der Waals surface area contributed by atoms with Gasteiger partial charge in [-0.2, -0.15) is 0 Å². The van der Waals surface area contributed by atoms with Crippen LogP contribution in [0.1, 0.15) is 44.1 Å². The van der Waals surface area contributed by atoms with Crippen molar-refractivity contribution in [1.29, 1.82) is 0 Å². The summed E-state index contributed by atoms with van der Waals surface area (Å²) < 4.78 is 6.16. The molecule has 2 heterocycles. The number of nitrogens with zero attached hydrogens (tertiary/aromatic N) is 2. The molecule has 2 aliphatic rings. The molecule has 1 amide bonds. The van der Waals surface area contributed by atoms with Gasteiger partial charge in [0.15, 0.2) is 0 Å². The molecule has 1 aliphatic carbocycles. The molecule has 32 heavy (non-hydrogen) atoms. The number of hydrogen-bond donors (Lipinski definition) is 1. The number of nitrogens with two attached hydrogens (primary N) is 1. The lowest BCUT2D eigenvalue weighted by atomic mass is 9.85. The summed E-state index contributed by atoms with van der Waals surface area (Å²) in [7, 11) is 0. The topological polar surface area (TPSA) is 68.5 Å². The Morgan fingerprint density at radius 2 is 1.84 bits per heavy atom. The van der Waals surface area contributed by atoms with E-state index in [-0.39, 0.29) is 35.8 Å². The summed E-state index contributed by atoms with van der Waals surface area (Å²) in [5.74, 6) is 0.959. The predicted molar refractivity (Wildman–Crippen MR) is 129 cm³/mol. The van der Waals surface area contributed by atoms with Crippen LogP contribution in [0.3, 0.4) is 0 Å². The number of likely N-dealkylation sites (tertiary alicyclic amines) is 1. The van der Waals surface area contributed by atoms with Crippen molar-refractivity contribution in [3.63, 3.8) is 0 Å². The number of ether oxygens (including phenoxy) is 1. The molecule has 2 fully saturated rings. The molecule has 1 saturated heterocycles. The first-order chi connectivity index (χ1) is 15.3. The van der Waals surface area contributed by atoms with Crippen molar-refractivity contribution in [2.24, 2.45) is 17.6 Å². The lowest BCUT2D eigenvalue weighted by molar-refractivity contribution is -0.135. The summed E-state index contributed by atoms with van der Waals surface area (Å²) in [6.45, 7) is 3.28. The van der Waals surface area contributed by atoms with Gasteiger partial charge in [-0.15, -0.1) is 0 Å². The van der Waals surface area contributed by atoms with Gasteiger partial charge in [-0.1, -0.05) is 40.9 Å². The van der Waals surface area contributed by atoms with Gasteiger partial charge in [0.1, 0.15) is 6.10 Å². The zero-order valence-corrected chi connectivity index (χ0v) is 20.3. The van der Waals surface area contributed by atoms with E-state index in [1.165, 1.54) is 0 Å². The fraction of sp³-hybridized carbons (Fsp3) is 0.500. The second kappa shape index (κ2) is 10.2. The van der Waals surface area contributed by atoms with Gasteiger partial charge >= 0.3 is 0 Å². The largest absolute Gasteiger partial charge is 0.474 e. The van der Waals surface area contributed by atoms with Crippen molar-refractivity contribution >= 4 is 40.7 Å². The third-order valence-corrected chi connectivity index (χ3v) is 7.74. The summed E-state index contributed by atoms with van der Waals surface area (Å²) in [6, 6.07) is 9.45. The summed E-state index contributed by atoms with van der Waals surface area (Å²) in [5.41, 5.74) is 7.10. The number of hydrogen-bond acceptors (Lipinski definition) is 4. The van der Waals surface area contributed by atoms with Gasteiger partial charge in [-0.25, -0.2) is 4.98 Å². The van der Waals surface area contributed by atoms with Crippen LogP contribution in [0.15, 0.2) is 36.5 Å². The Morgan fingerprint density at radius 3 is 2.50 bits per heavy atom. The molecule has 1 aliphatic heterocycles. The zero-order chi connectivity index (χ0) is 22.8. The van der Waals surface area contributed by atoms with Crippen LogP contribution in [-0.4, -0.2) is 41.0 Å². The van der Waals surface area contributed by atoms with Crippen LogP contribution in [0, 0.1) is 11.8 Å². The van der Waals surface area contributed by atoms with E-state index in [0.717, 1.165) is 31.2 Å². The maximum Gasteiger partial charge on any atom is 0.225 e. The van der Waals surface area contributed by atoms with Crippen molar-refractivity contribution in [1.82, 2.24) is 9.88 Å². The van der Waals surface area contributed by atoms with Crippen molar-refractivity contribution in [3.05, 3.63) is 57.2 Å². The lowest BCUT2D eigenvalue weighted by Crippen LogP contribution is -2.39. The summed E-state index contributed by atoms with van der Waals surface area (Å²) in [5, 5.41) is 1.59. The van der Waals surface area contributed by atoms with Crippen LogP contribution in [0.25, 0.3) is 0 Å². The van der Waals surface area contributed by atoms with Gasteiger partial charge in [0.05, 0.1) is 15.1 Å². The van der Waals surface area contributed by atoms with Crippen molar-refractivity contribution < 1.29 is 9.53 Å². The van der Waals surface area contributed by atoms with E-state index in [9.17, 15) is 4.79 Å². The van der Waals surface area contributed by atoms with Crippen molar-refractivity contribution in [2.75, 3.05) is 13.1 Å². The fourth-order valence-electron chi connectivity index (χ4n) is 4.91. The average molecular weight is 497 g/mol. The Hall–Kier alpha value is -1.53. The highest BCUT2D eigenvalue weighted by Gasteiger charge is 2.42. The molecule has 2 aromatic rings. The van der Waals surface area contributed by atoms with Crippen molar-refractivity contribution in [3.8, 4) is 5.88 Å². The van der Waals surface area contributed by atoms with E-state index in [0.29, 0.717) is 34.0 Å². The van der Waals surface area contributed by atoms with E-state index in [1.54, 1.807) is 18.3 Å². The number of carbonyl (C=O) groups is 1. The third kappa shape index (κ3) is 5.33. The number of rotatable bonds is 5. The van der Waals surface area contributed by atoms with Gasteiger partial charge < -0.3 is 15.4 Å². The first-order valence-corrected chi connectivity index (χ1v) is 12.2. The van der Waals surface area contributed by atoms with Crippen LogP contribution in [0.2, 0.25) is 15.1 Å².